The van der Waals surface area contributed by atoms with Gasteiger partial charge in [-0.05, 0) is 51.0 Å². The van der Waals surface area contributed by atoms with Crippen molar-refractivity contribution in [1.29, 1.82) is 0 Å². The van der Waals surface area contributed by atoms with Crippen LogP contribution in [0.2, 0.25) is 0 Å². The summed E-state index contributed by atoms with van der Waals surface area (Å²) in [7, 11) is -3.78. The molecule has 1 aromatic carbocycles. The Hall–Kier alpha value is -2.35. The zero-order chi connectivity index (χ0) is 17.3. The van der Waals surface area contributed by atoms with E-state index in [-0.39, 0.29) is 16.6 Å². The van der Waals surface area contributed by atoms with Gasteiger partial charge in [0.1, 0.15) is 5.69 Å². The van der Waals surface area contributed by atoms with Crippen LogP contribution in [0, 0.1) is 13.8 Å². The van der Waals surface area contributed by atoms with E-state index in [9.17, 15) is 13.2 Å². The number of nitrogens with one attached hydrogen (secondary N) is 1. The number of hydrogen-bond acceptors (Lipinski definition) is 5. The summed E-state index contributed by atoms with van der Waals surface area (Å²) in [5.41, 5.74) is 1.24. The molecule has 7 nitrogen and oxygen atoms in total. The Morgan fingerprint density at radius 2 is 1.79 bits per heavy atom. The lowest BCUT2D eigenvalue weighted by Crippen LogP contribution is -2.27. The Labute approximate surface area is 140 Å². The number of aryl methyl sites for hydroxylation is 2. The van der Waals surface area contributed by atoms with Crippen LogP contribution in [0.3, 0.4) is 0 Å². The molecule has 2 heterocycles. The first-order valence-electron chi connectivity index (χ1n) is 7.73. The Kier molecular flexibility index (Phi) is 4.31. The Morgan fingerprint density at radius 1 is 1.17 bits per heavy atom. The molecule has 0 radical (unpaired) electrons. The predicted molar refractivity (Wildman–Crippen MR) is 88.4 cm³/mol. The molecule has 1 amide bonds. The molecular formula is C16H19N3O4S. The second-order valence-electron chi connectivity index (χ2n) is 5.84. The van der Waals surface area contributed by atoms with Gasteiger partial charge in [0.15, 0.2) is 10.7 Å². The minimum Gasteiger partial charge on any atom is -0.360 e. The van der Waals surface area contributed by atoms with Gasteiger partial charge in [-0.3, -0.25) is 9.52 Å². The number of carbonyl (C=O) groups excluding carboxylic acids is 1. The first-order valence-corrected chi connectivity index (χ1v) is 9.22. The number of aromatic nitrogens is 1. The average Bonchev–Trinajstić information content (AvgIpc) is 3.17. The summed E-state index contributed by atoms with van der Waals surface area (Å²) >= 11 is 0. The molecule has 0 spiro atoms. The van der Waals surface area contributed by atoms with Crippen molar-refractivity contribution >= 4 is 21.6 Å². The molecule has 0 unspecified atom stereocenters. The third-order valence-corrected chi connectivity index (χ3v) is 5.64. The molecule has 1 aromatic heterocycles. The van der Waals surface area contributed by atoms with Crippen LogP contribution >= 0.6 is 0 Å². The lowest BCUT2D eigenvalue weighted by molar-refractivity contribution is 0.0793. The second-order valence-corrected chi connectivity index (χ2v) is 7.45. The van der Waals surface area contributed by atoms with E-state index in [1.54, 1.807) is 38.1 Å². The van der Waals surface area contributed by atoms with Crippen LogP contribution in [0.25, 0.3) is 0 Å². The largest absolute Gasteiger partial charge is 0.360 e. The smallest absolute Gasteiger partial charge is 0.267 e. The van der Waals surface area contributed by atoms with Crippen LogP contribution in [0.4, 0.5) is 5.69 Å². The van der Waals surface area contributed by atoms with Crippen molar-refractivity contribution in [2.24, 2.45) is 0 Å². The normalized spacial score (nSPS) is 14.8. The quantitative estimate of drug-likeness (QED) is 0.914. The maximum atomic E-state index is 12.4. The van der Waals surface area contributed by atoms with Crippen LogP contribution in [-0.2, 0) is 10.0 Å². The number of hydrogen-bond donors (Lipinski definition) is 1. The Balaban J connectivity index is 1.78. The fraction of sp³-hybridized carbons (Fsp3) is 0.375. The van der Waals surface area contributed by atoms with Gasteiger partial charge in [0, 0.05) is 24.3 Å². The number of likely N-dealkylation sites (tertiary alicyclic amines) is 1. The second kappa shape index (κ2) is 6.27. The van der Waals surface area contributed by atoms with E-state index in [4.69, 9.17) is 4.52 Å². The minimum atomic E-state index is -3.78. The molecule has 3 rings (SSSR count). The van der Waals surface area contributed by atoms with Crippen molar-refractivity contribution in [3.63, 3.8) is 0 Å². The van der Waals surface area contributed by atoms with Gasteiger partial charge in [-0.1, -0.05) is 5.16 Å². The van der Waals surface area contributed by atoms with E-state index >= 15 is 0 Å². The lowest BCUT2D eigenvalue weighted by Gasteiger charge is -2.15. The van der Waals surface area contributed by atoms with Gasteiger partial charge in [0.05, 0.1) is 0 Å². The van der Waals surface area contributed by atoms with Crippen molar-refractivity contribution in [2.75, 3.05) is 17.8 Å². The predicted octanol–water partition coefficient (Wildman–Crippen LogP) is 2.33. The maximum Gasteiger partial charge on any atom is 0.267 e. The Bertz CT molecular complexity index is 830. The zero-order valence-electron chi connectivity index (χ0n) is 13.6. The fourth-order valence-electron chi connectivity index (χ4n) is 2.85. The highest BCUT2D eigenvalue weighted by atomic mass is 32.2. The maximum absolute atomic E-state index is 12.4. The van der Waals surface area contributed by atoms with Gasteiger partial charge in [-0.2, -0.15) is 0 Å². The number of amides is 1. The molecule has 0 aliphatic carbocycles. The Morgan fingerprint density at radius 3 is 2.33 bits per heavy atom. The minimum absolute atomic E-state index is 0.0207. The molecule has 0 atom stereocenters. The van der Waals surface area contributed by atoms with Gasteiger partial charge < -0.3 is 9.42 Å². The summed E-state index contributed by atoms with van der Waals surface area (Å²) in [4.78, 5) is 14.1. The van der Waals surface area contributed by atoms with E-state index in [1.807, 2.05) is 4.90 Å². The molecule has 128 valence electrons. The molecule has 2 aromatic rings. The van der Waals surface area contributed by atoms with Gasteiger partial charge in [0.25, 0.3) is 15.9 Å². The monoisotopic (exact) mass is 349 g/mol. The topological polar surface area (TPSA) is 92.5 Å². The van der Waals surface area contributed by atoms with Crippen molar-refractivity contribution in [2.45, 2.75) is 31.6 Å². The fourth-order valence-corrected chi connectivity index (χ4v) is 4.24. The molecule has 1 N–H and O–H groups in total. The highest BCUT2D eigenvalue weighted by molar-refractivity contribution is 7.92. The van der Waals surface area contributed by atoms with Crippen molar-refractivity contribution in [3.05, 3.63) is 41.3 Å². The number of sulfonamides is 1. The number of rotatable bonds is 4. The first kappa shape index (κ1) is 16.5. The summed E-state index contributed by atoms with van der Waals surface area (Å²) in [5, 5.41) is 3.66. The summed E-state index contributed by atoms with van der Waals surface area (Å²) in [6.07, 6.45) is 2.06. The van der Waals surface area contributed by atoms with Gasteiger partial charge >= 0.3 is 0 Å². The van der Waals surface area contributed by atoms with Gasteiger partial charge in [-0.25, -0.2) is 8.42 Å². The number of anilines is 1. The van der Waals surface area contributed by atoms with Crippen LogP contribution in [0.5, 0.6) is 0 Å². The van der Waals surface area contributed by atoms with Crippen molar-refractivity contribution < 1.29 is 17.7 Å². The summed E-state index contributed by atoms with van der Waals surface area (Å²) < 4.78 is 32.3. The summed E-state index contributed by atoms with van der Waals surface area (Å²) in [5.74, 6) is 0.216. The third kappa shape index (κ3) is 3.14. The highest BCUT2D eigenvalue weighted by Crippen LogP contribution is 2.23. The highest BCUT2D eigenvalue weighted by Gasteiger charge is 2.24. The van der Waals surface area contributed by atoms with Crippen LogP contribution < -0.4 is 4.72 Å². The van der Waals surface area contributed by atoms with Gasteiger partial charge in [-0.15, -0.1) is 0 Å². The average molecular weight is 349 g/mol. The molecule has 1 fully saturated rings. The van der Waals surface area contributed by atoms with E-state index in [0.29, 0.717) is 16.9 Å². The third-order valence-electron chi connectivity index (χ3n) is 4.01. The van der Waals surface area contributed by atoms with Crippen molar-refractivity contribution in [1.82, 2.24) is 10.1 Å². The van der Waals surface area contributed by atoms with Crippen molar-refractivity contribution in [3.8, 4) is 0 Å². The first-order chi connectivity index (χ1) is 11.4. The SMILES string of the molecule is Cc1noc(C)c1S(=O)(=O)Nc1ccc(C(=O)N2CCCC2)cc1. The summed E-state index contributed by atoms with van der Waals surface area (Å²) in [6, 6.07) is 6.43. The number of carbonyl (C=O) groups is 1. The number of benzene rings is 1. The van der Waals surface area contributed by atoms with E-state index < -0.39 is 10.0 Å². The molecule has 24 heavy (non-hydrogen) atoms. The van der Waals surface area contributed by atoms with Crippen LogP contribution in [-0.4, -0.2) is 37.5 Å². The molecule has 1 saturated heterocycles. The van der Waals surface area contributed by atoms with Gasteiger partial charge in [0.2, 0.25) is 0 Å². The lowest BCUT2D eigenvalue weighted by atomic mass is 10.2. The molecule has 8 heteroatoms. The van der Waals surface area contributed by atoms with Crippen LogP contribution in [0.15, 0.2) is 33.7 Å². The molecule has 1 aliphatic rings. The number of nitrogens with zero attached hydrogens (tertiary/aromatic N) is 2. The van der Waals surface area contributed by atoms with Crippen LogP contribution in [0.1, 0.15) is 34.7 Å². The molecule has 0 saturated carbocycles. The molecular weight excluding hydrogens is 330 g/mol. The van der Waals surface area contributed by atoms with E-state index in [1.165, 1.54) is 0 Å². The van der Waals surface area contributed by atoms with E-state index in [0.717, 1.165) is 25.9 Å². The van der Waals surface area contributed by atoms with E-state index in [2.05, 4.69) is 9.88 Å². The molecule has 1 aliphatic heterocycles. The zero-order valence-corrected chi connectivity index (χ0v) is 14.4. The standard InChI is InChI=1S/C16H19N3O4S/c1-11-15(12(2)23-17-11)24(21,22)18-14-7-5-13(6-8-14)16(20)19-9-3-4-10-19/h5-8,18H,3-4,9-10H2,1-2H3. The summed E-state index contributed by atoms with van der Waals surface area (Å²) in [6.45, 7) is 4.67. The molecule has 0 bridgehead atoms.